The van der Waals surface area contributed by atoms with Crippen molar-refractivity contribution in [1.82, 2.24) is 4.98 Å². The van der Waals surface area contributed by atoms with Crippen LogP contribution in [0.4, 0.5) is 21.6 Å². The fourth-order valence-electron chi connectivity index (χ4n) is 1.53. The lowest BCUT2D eigenvalue weighted by atomic mass is 10.3. The molecule has 1 aromatic heterocycles. The number of nitrogens with zero attached hydrogens (tertiary/aromatic N) is 1. The summed E-state index contributed by atoms with van der Waals surface area (Å²) in [6, 6.07) is 8.27. The molecule has 2 N–H and O–H groups in total. The Bertz CT molecular complexity index is 546. The van der Waals surface area contributed by atoms with Gasteiger partial charge in [0.15, 0.2) is 0 Å². The van der Waals surface area contributed by atoms with Gasteiger partial charge < -0.3 is 10.6 Å². The van der Waals surface area contributed by atoms with Gasteiger partial charge in [0.2, 0.25) is 0 Å². The van der Waals surface area contributed by atoms with E-state index in [4.69, 9.17) is 11.6 Å². The predicted molar refractivity (Wildman–Crippen MR) is 73.1 cm³/mol. The summed E-state index contributed by atoms with van der Waals surface area (Å²) in [5.74, 6) is 0.333. The molecule has 0 amide bonds. The van der Waals surface area contributed by atoms with Gasteiger partial charge in [0.05, 0.1) is 5.02 Å². The highest BCUT2D eigenvalue weighted by atomic mass is 35.5. The molecular weight excluding hydrogens is 253 g/mol. The number of halogens is 2. The molecule has 1 aromatic carbocycles. The molecule has 1 heterocycles. The smallest absolute Gasteiger partial charge is 0.143 e. The molecule has 0 aliphatic rings. The van der Waals surface area contributed by atoms with Crippen LogP contribution in [0.5, 0.6) is 0 Å². The topological polar surface area (TPSA) is 37.0 Å². The van der Waals surface area contributed by atoms with E-state index in [1.165, 1.54) is 12.1 Å². The van der Waals surface area contributed by atoms with E-state index in [9.17, 15) is 4.39 Å². The van der Waals surface area contributed by atoms with Crippen molar-refractivity contribution in [1.29, 1.82) is 0 Å². The third-order valence-electron chi connectivity index (χ3n) is 2.33. The summed E-state index contributed by atoms with van der Waals surface area (Å²) in [6.07, 6.45) is 1.69. The van der Waals surface area contributed by atoms with Crippen molar-refractivity contribution < 1.29 is 4.39 Å². The maximum absolute atomic E-state index is 13.3. The number of hydrogen-bond donors (Lipinski definition) is 2. The first-order valence-corrected chi connectivity index (χ1v) is 5.99. The lowest BCUT2D eigenvalue weighted by molar-refractivity contribution is 0.629. The zero-order valence-electron chi connectivity index (χ0n) is 9.87. The molecule has 94 valence electrons. The SMILES string of the molecule is CCNc1cc(Nc2ccc(Cl)c(F)c2)ccn1. The van der Waals surface area contributed by atoms with Crippen LogP contribution in [-0.2, 0) is 0 Å². The van der Waals surface area contributed by atoms with Gasteiger partial charge in [-0.25, -0.2) is 9.37 Å². The molecule has 18 heavy (non-hydrogen) atoms. The van der Waals surface area contributed by atoms with E-state index in [-0.39, 0.29) is 5.02 Å². The van der Waals surface area contributed by atoms with Crippen molar-refractivity contribution in [2.45, 2.75) is 6.92 Å². The van der Waals surface area contributed by atoms with Crippen molar-refractivity contribution in [2.75, 3.05) is 17.2 Å². The molecule has 0 fully saturated rings. The van der Waals surface area contributed by atoms with Gasteiger partial charge in [-0.3, -0.25) is 0 Å². The average molecular weight is 266 g/mol. The Balaban J connectivity index is 2.17. The molecule has 0 unspecified atom stereocenters. The fourth-order valence-corrected chi connectivity index (χ4v) is 1.64. The summed E-state index contributed by atoms with van der Waals surface area (Å²) in [5.41, 5.74) is 1.48. The number of benzene rings is 1. The first-order valence-electron chi connectivity index (χ1n) is 5.61. The van der Waals surface area contributed by atoms with Crippen LogP contribution in [0.25, 0.3) is 0 Å². The van der Waals surface area contributed by atoms with Crippen LogP contribution in [-0.4, -0.2) is 11.5 Å². The zero-order chi connectivity index (χ0) is 13.0. The first-order chi connectivity index (χ1) is 8.69. The van der Waals surface area contributed by atoms with Gasteiger partial charge in [-0.05, 0) is 31.2 Å². The summed E-state index contributed by atoms with van der Waals surface area (Å²) in [6.45, 7) is 2.79. The van der Waals surface area contributed by atoms with Crippen LogP contribution in [0.1, 0.15) is 6.92 Å². The van der Waals surface area contributed by atoms with E-state index in [0.717, 1.165) is 18.1 Å². The molecule has 0 aliphatic carbocycles. The largest absolute Gasteiger partial charge is 0.370 e. The molecule has 3 nitrogen and oxygen atoms in total. The molecule has 2 aromatic rings. The summed E-state index contributed by atoms with van der Waals surface area (Å²) >= 11 is 5.63. The highest BCUT2D eigenvalue weighted by Gasteiger charge is 2.02. The number of aromatic nitrogens is 1. The normalized spacial score (nSPS) is 10.2. The summed E-state index contributed by atoms with van der Waals surface area (Å²) in [4.78, 5) is 4.16. The Morgan fingerprint density at radius 1 is 1.22 bits per heavy atom. The Kier molecular flexibility index (Phi) is 3.99. The second-order valence-corrected chi connectivity index (χ2v) is 4.12. The molecule has 0 aliphatic heterocycles. The molecule has 0 radical (unpaired) electrons. The average Bonchev–Trinajstić information content (AvgIpc) is 2.35. The Labute approximate surface area is 110 Å². The fraction of sp³-hybridized carbons (Fsp3) is 0.154. The van der Waals surface area contributed by atoms with Gasteiger partial charge in [-0.1, -0.05) is 11.6 Å². The van der Waals surface area contributed by atoms with Crippen molar-refractivity contribution in [3.05, 3.63) is 47.4 Å². The maximum Gasteiger partial charge on any atom is 0.143 e. The number of hydrogen-bond acceptors (Lipinski definition) is 3. The van der Waals surface area contributed by atoms with Crippen LogP contribution >= 0.6 is 11.6 Å². The van der Waals surface area contributed by atoms with Gasteiger partial charge >= 0.3 is 0 Å². The predicted octanol–water partition coefficient (Wildman–Crippen LogP) is 4.05. The lowest BCUT2D eigenvalue weighted by Gasteiger charge is -2.09. The van der Waals surface area contributed by atoms with Crippen LogP contribution in [0.2, 0.25) is 5.02 Å². The number of anilines is 3. The molecule has 5 heteroatoms. The van der Waals surface area contributed by atoms with Crippen molar-refractivity contribution >= 4 is 28.8 Å². The van der Waals surface area contributed by atoms with E-state index >= 15 is 0 Å². The number of nitrogens with one attached hydrogen (secondary N) is 2. The summed E-state index contributed by atoms with van der Waals surface area (Å²) in [5, 5.41) is 6.31. The quantitative estimate of drug-likeness (QED) is 0.876. The van der Waals surface area contributed by atoms with E-state index in [2.05, 4.69) is 15.6 Å². The maximum atomic E-state index is 13.3. The molecule has 2 rings (SSSR count). The van der Waals surface area contributed by atoms with Crippen molar-refractivity contribution in [2.24, 2.45) is 0 Å². The zero-order valence-corrected chi connectivity index (χ0v) is 10.6. The minimum absolute atomic E-state index is 0.114. The Morgan fingerprint density at radius 2 is 2.00 bits per heavy atom. The molecular formula is C13H13ClFN3. The molecule has 0 bridgehead atoms. The summed E-state index contributed by atoms with van der Waals surface area (Å²) in [7, 11) is 0. The first kappa shape index (κ1) is 12.6. The Morgan fingerprint density at radius 3 is 2.72 bits per heavy atom. The van der Waals surface area contributed by atoms with Crippen LogP contribution in [0.15, 0.2) is 36.5 Å². The van der Waals surface area contributed by atoms with Gasteiger partial charge in [-0.15, -0.1) is 0 Å². The van der Waals surface area contributed by atoms with Crippen LogP contribution in [0.3, 0.4) is 0 Å². The van der Waals surface area contributed by atoms with E-state index in [0.29, 0.717) is 5.69 Å². The standard InChI is InChI=1S/C13H13ClFN3/c1-2-16-13-8-10(5-6-17-13)18-9-3-4-11(14)12(15)7-9/h3-8H,2H2,1H3,(H2,16,17,18). The minimum atomic E-state index is -0.442. The third-order valence-corrected chi connectivity index (χ3v) is 2.63. The van der Waals surface area contributed by atoms with Gasteiger partial charge in [-0.2, -0.15) is 0 Å². The molecule has 0 saturated carbocycles. The van der Waals surface area contributed by atoms with Crippen molar-refractivity contribution in [3.8, 4) is 0 Å². The third kappa shape index (κ3) is 3.11. The van der Waals surface area contributed by atoms with Crippen molar-refractivity contribution in [3.63, 3.8) is 0 Å². The molecule has 0 spiro atoms. The molecule has 0 saturated heterocycles. The highest BCUT2D eigenvalue weighted by molar-refractivity contribution is 6.30. The number of pyridine rings is 1. The van der Waals surface area contributed by atoms with E-state index in [1.807, 2.05) is 19.1 Å². The van der Waals surface area contributed by atoms with E-state index < -0.39 is 5.82 Å². The van der Waals surface area contributed by atoms with E-state index in [1.54, 1.807) is 12.3 Å². The highest BCUT2D eigenvalue weighted by Crippen LogP contribution is 2.22. The van der Waals surface area contributed by atoms with Gasteiger partial charge in [0, 0.05) is 30.2 Å². The lowest BCUT2D eigenvalue weighted by Crippen LogP contribution is -2.00. The number of rotatable bonds is 4. The molecule has 0 atom stereocenters. The van der Waals surface area contributed by atoms with Gasteiger partial charge in [0.25, 0.3) is 0 Å². The monoisotopic (exact) mass is 265 g/mol. The second kappa shape index (κ2) is 5.69. The second-order valence-electron chi connectivity index (χ2n) is 3.71. The van der Waals surface area contributed by atoms with Crippen LogP contribution in [0, 0.1) is 5.82 Å². The van der Waals surface area contributed by atoms with Crippen LogP contribution < -0.4 is 10.6 Å². The Hall–Kier alpha value is -1.81. The minimum Gasteiger partial charge on any atom is -0.370 e. The van der Waals surface area contributed by atoms with Gasteiger partial charge in [0.1, 0.15) is 11.6 Å². The summed E-state index contributed by atoms with van der Waals surface area (Å²) < 4.78 is 13.3.